The van der Waals surface area contributed by atoms with Crippen molar-refractivity contribution in [2.45, 2.75) is 41.5 Å². The first-order valence-corrected chi connectivity index (χ1v) is 9.51. The summed E-state index contributed by atoms with van der Waals surface area (Å²) in [5.41, 5.74) is 2.97. The van der Waals surface area contributed by atoms with Gasteiger partial charge >= 0.3 is 0 Å². The van der Waals surface area contributed by atoms with Crippen molar-refractivity contribution in [3.63, 3.8) is 0 Å². The van der Waals surface area contributed by atoms with Crippen molar-refractivity contribution in [2.75, 3.05) is 14.2 Å². The molecule has 0 saturated carbocycles. The van der Waals surface area contributed by atoms with Crippen LogP contribution in [0, 0.1) is 10.8 Å². The molecule has 1 heterocycles. The monoisotopic (exact) mass is 380 g/mol. The Morgan fingerprint density at radius 1 is 0.964 bits per heavy atom. The number of allylic oxidation sites excluding steroid dienone is 8. The zero-order valence-corrected chi connectivity index (χ0v) is 18.3. The van der Waals surface area contributed by atoms with Crippen molar-refractivity contribution in [1.82, 2.24) is 0 Å². The summed E-state index contributed by atoms with van der Waals surface area (Å²) in [5, 5.41) is 0. The van der Waals surface area contributed by atoms with Crippen LogP contribution in [0.15, 0.2) is 65.7 Å². The summed E-state index contributed by atoms with van der Waals surface area (Å²) in [5.74, 6) is 2.74. The second-order valence-electron chi connectivity index (χ2n) is 8.91. The van der Waals surface area contributed by atoms with E-state index in [1.807, 2.05) is 30.3 Å². The van der Waals surface area contributed by atoms with Crippen molar-refractivity contribution < 1.29 is 13.9 Å². The van der Waals surface area contributed by atoms with Gasteiger partial charge in [-0.05, 0) is 29.9 Å². The summed E-state index contributed by atoms with van der Waals surface area (Å²) in [6, 6.07) is 7.96. The first-order chi connectivity index (χ1) is 13.0. The highest BCUT2D eigenvalue weighted by atomic mass is 16.5. The van der Waals surface area contributed by atoms with Crippen molar-refractivity contribution >= 4 is 11.9 Å². The molecule has 3 heteroatoms. The highest BCUT2D eigenvalue weighted by Gasteiger charge is 2.28. The molecule has 0 N–H and O–H groups in total. The maximum absolute atomic E-state index is 6.25. The molecule has 150 valence electrons. The third-order valence-corrected chi connectivity index (χ3v) is 4.37. The largest absolute Gasteiger partial charge is 0.497 e. The summed E-state index contributed by atoms with van der Waals surface area (Å²) in [6.07, 6.45) is 11.0. The average molecular weight is 381 g/mol. The lowest BCUT2D eigenvalue weighted by molar-refractivity contribution is 0.161. The van der Waals surface area contributed by atoms with Crippen LogP contribution in [0.2, 0.25) is 0 Å². The van der Waals surface area contributed by atoms with Crippen LogP contribution in [0.1, 0.15) is 47.1 Å². The molecule has 0 radical (unpaired) electrons. The maximum Gasteiger partial charge on any atom is 0.229 e. The lowest BCUT2D eigenvalue weighted by Crippen LogP contribution is -2.21. The van der Waals surface area contributed by atoms with Crippen molar-refractivity contribution in [1.29, 1.82) is 0 Å². The van der Waals surface area contributed by atoms with E-state index in [0.717, 1.165) is 34.0 Å². The number of ether oxygens (including phenoxy) is 2. The van der Waals surface area contributed by atoms with Crippen LogP contribution in [0.5, 0.6) is 5.75 Å². The molecule has 0 aromatic heterocycles. The first kappa shape index (κ1) is 21.7. The molecular weight excluding hydrogens is 348 g/mol. The van der Waals surface area contributed by atoms with Crippen LogP contribution in [0.3, 0.4) is 0 Å². The lowest BCUT2D eigenvalue weighted by atomic mass is 9.86. The SMILES string of the molecule is COc1ccc(/C(C=C2C=C(C(C)(C)C)OC(C(C)(C)C)=C2)=C\[C-]=[O+]C)cc1. The van der Waals surface area contributed by atoms with Crippen LogP contribution in [0.4, 0.5) is 0 Å². The Bertz CT molecular complexity index is 801. The third kappa shape index (κ3) is 5.72. The van der Waals surface area contributed by atoms with Gasteiger partial charge in [0.2, 0.25) is 13.4 Å². The molecule has 0 atom stereocenters. The normalized spacial score (nSPS) is 15.9. The van der Waals surface area contributed by atoms with Gasteiger partial charge in [-0.2, -0.15) is 5.57 Å². The first-order valence-electron chi connectivity index (χ1n) is 9.51. The highest BCUT2D eigenvalue weighted by molar-refractivity contribution is 5.87. The van der Waals surface area contributed by atoms with E-state index in [-0.39, 0.29) is 10.8 Å². The van der Waals surface area contributed by atoms with Gasteiger partial charge in [0.05, 0.1) is 7.11 Å². The standard InChI is InChI=1S/C25H32O3/c1-24(2,3)22-16-18(17-23(28-22)25(4,5)6)15-20(13-14-26-7)19-9-11-21(27-8)12-10-19/h9-13,15-17H,1-8H3/b20-13-. The molecule has 28 heavy (non-hydrogen) atoms. The summed E-state index contributed by atoms with van der Waals surface area (Å²) >= 11 is 0. The van der Waals surface area contributed by atoms with Gasteiger partial charge < -0.3 is 13.9 Å². The minimum Gasteiger partial charge on any atom is -0.497 e. The average Bonchev–Trinajstić information content (AvgIpc) is 2.63. The van der Waals surface area contributed by atoms with Crippen LogP contribution in [0.25, 0.3) is 5.57 Å². The molecule has 1 aromatic rings. The van der Waals surface area contributed by atoms with Gasteiger partial charge in [-0.3, -0.25) is 0 Å². The van der Waals surface area contributed by atoms with Gasteiger partial charge in [-0.25, -0.2) is 0 Å². The summed E-state index contributed by atoms with van der Waals surface area (Å²) in [6.45, 7) is 13.0. The van der Waals surface area contributed by atoms with Gasteiger partial charge in [-0.15, -0.1) is 12.2 Å². The van der Waals surface area contributed by atoms with E-state index < -0.39 is 0 Å². The molecule has 0 bridgehead atoms. The van der Waals surface area contributed by atoms with Gasteiger partial charge in [-0.1, -0.05) is 59.2 Å². The van der Waals surface area contributed by atoms with E-state index in [0.29, 0.717) is 0 Å². The van der Waals surface area contributed by atoms with Crippen LogP contribution < -0.4 is 4.74 Å². The van der Waals surface area contributed by atoms with E-state index in [2.05, 4.69) is 66.1 Å². The molecule has 0 fully saturated rings. The fourth-order valence-electron chi connectivity index (χ4n) is 2.64. The molecule has 1 aromatic carbocycles. The molecule has 0 unspecified atom stereocenters. The predicted octanol–water partition coefficient (Wildman–Crippen LogP) is 6.17. The minimum absolute atomic E-state index is 0.0847. The topological polar surface area (TPSA) is 29.8 Å². The molecule has 1 aliphatic rings. The summed E-state index contributed by atoms with van der Waals surface area (Å²) < 4.78 is 16.6. The van der Waals surface area contributed by atoms with Crippen molar-refractivity contribution in [2.24, 2.45) is 10.8 Å². The second kappa shape index (κ2) is 8.64. The Labute approximate surface area is 169 Å². The number of benzene rings is 1. The number of hydrogen-bond donors (Lipinski definition) is 0. The Morgan fingerprint density at radius 3 is 1.93 bits per heavy atom. The van der Waals surface area contributed by atoms with Gasteiger partial charge in [0.15, 0.2) is 0 Å². The number of methoxy groups -OCH3 is 1. The molecule has 3 nitrogen and oxygen atoms in total. The molecular formula is C25H32O3. The van der Waals surface area contributed by atoms with Crippen LogP contribution in [-0.4, -0.2) is 20.5 Å². The lowest BCUT2D eigenvalue weighted by Gasteiger charge is -2.33. The van der Waals surface area contributed by atoms with Gasteiger partial charge in [0.1, 0.15) is 17.3 Å². The van der Waals surface area contributed by atoms with E-state index in [9.17, 15) is 0 Å². The van der Waals surface area contributed by atoms with Gasteiger partial charge in [0, 0.05) is 10.8 Å². The number of rotatable bonds is 4. The van der Waals surface area contributed by atoms with E-state index in [1.54, 1.807) is 14.2 Å². The summed E-state index contributed by atoms with van der Waals surface area (Å²) in [4.78, 5) is 0. The van der Waals surface area contributed by atoms with Crippen LogP contribution >= 0.6 is 0 Å². The van der Waals surface area contributed by atoms with E-state index in [1.165, 1.54) is 0 Å². The molecule has 0 amide bonds. The molecule has 1 aliphatic heterocycles. The third-order valence-electron chi connectivity index (χ3n) is 4.37. The van der Waals surface area contributed by atoms with Crippen LogP contribution in [-0.2, 0) is 9.16 Å². The Balaban J connectivity index is 2.56. The van der Waals surface area contributed by atoms with Gasteiger partial charge in [0.25, 0.3) is 0 Å². The van der Waals surface area contributed by atoms with E-state index in [4.69, 9.17) is 13.9 Å². The minimum atomic E-state index is -0.0847. The van der Waals surface area contributed by atoms with E-state index >= 15 is 0 Å². The maximum atomic E-state index is 6.25. The van der Waals surface area contributed by atoms with Crippen molar-refractivity contribution in [3.8, 4) is 5.75 Å². The second-order valence-corrected chi connectivity index (χ2v) is 8.91. The molecule has 0 saturated heterocycles. The highest BCUT2D eigenvalue weighted by Crippen LogP contribution is 2.39. The quantitative estimate of drug-likeness (QED) is 0.355. The number of carbonyl (C=O) groups excluding carboxylic acids is 1. The Hall–Kier alpha value is -2.55. The zero-order chi connectivity index (χ0) is 20.9. The fourth-order valence-corrected chi connectivity index (χ4v) is 2.64. The molecule has 0 spiro atoms. The summed E-state index contributed by atoms with van der Waals surface area (Å²) in [7, 11) is 3.26. The Morgan fingerprint density at radius 2 is 1.50 bits per heavy atom. The number of hydrogen-bond acceptors (Lipinski definition) is 2. The fraction of sp³-hybridized carbons (Fsp3) is 0.400. The molecule has 0 aliphatic carbocycles. The molecule has 2 rings (SSSR count). The Kier molecular flexibility index (Phi) is 6.71. The van der Waals surface area contributed by atoms with Crippen molar-refractivity contribution in [3.05, 3.63) is 71.2 Å². The zero-order valence-electron chi connectivity index (χ0n) is 18.3. The predicted molar refractivity (Wildman–Crippen MR) is 117 cm³/mol. The smallest absolute Gasteiger partial charge is 0.229 e.